The Morgan fingerprint density at radius 3 is 2.38 bits per heavy atom. The van der Waals surface area contributed by atoms with E-state index >= 15 is 0 Å². The fourth-order valence-corrected chi connectivity index (χ4v) is 1.79. The lowest BCUT2D eigenvalue weighted by atomic mass is 9.92. The standard InChI is InChI=1S/C13H18O3/c1-5-10(13(14)15)11-6-8(2)9(3)7-12(11)16-4/h6-7,10H,5H2,1-4H3,(H,14,15). The van der Waals surface area contributed by atoms with E-state index in [1.54, 1.807) is 7.11 Å². The van der Waals surface area contributed by atoms with Crippen LogP contribution in [0.15, 0.2) is 12.1 Å². The summed E-state index contributed by atoms with van der Waals surface area (Å²) in [6.45, 7) is 5.84. The molecule has 0 aliphatic heterocycles. The van der Waals surface area contributed by atoms with Crippen molar-refractivity contribution in [3.8, 4) is 5.75 Å². The second kappa shape index (κ2) is 5.01. The van der Waals surface area contributed by atoms with Crippen molar-refractivity contribution in [3.05, 3.63) is 28.8 Å². The molecule has 16 heavy (non-hydrogen) atoms. The average Bonchev–Trinajstić information content (AvgIpc) is 2.23. The first-order valence-corrected chi connectivity index (χ1v) is 5.39. The van der Waals surface area contributed by atoms with E-state index in [0.717, 1.165) is 16.7 Å². The number of hydrogen-bond acceptors (Lipinski definition) is 2. The maximum Gasteiger partial charge on any atom is 0.311 e. The zero-order chi connectivity index (χ0) is 12.3. The van der Waals surface area contributed by atoms with E-state index < -0.39 is 11.9 Å². The zero-order valence-corrected chi connectivity index (χ0v) is 10.2. The molecule has 0 bridgehead atoms. The van der Waals surface area contributed by atoms with Gasteiger partial charge in [0.15, 0.2) is 0 Å². The number of ether oxygens (including phenoxy) is 1. The summed E-state index contributed by atoms with van der Waals surface area (Å²) >= 11 is 0. The van der Waals surface area contributed by atoms with Crippen LogP contribution in [0.1, 0.15) is 36.0 Å². The number of carboxylic acid groups (broad SMARTS) is 1. The first-order chi connectivity index (χ1) is 7.51. The molecule has 0 heterocycles. The second-order valence-electron chi connectivity index (χ2n) is 3.98. The first kappa shape index (κ1) is 12.6. The highest BCUT2D eigenvalue weighted by Crippen LogP contribution is 2.31. The number of hydrogen-bond donors (Lipinski definition) is 1. The molecule has 0 fully saturated rings. The largest absolute Gasteiger partial charge is 0.496 e. The van der Waals surface area contributed by atoms with Gasteiger partial charge in [-0.25, -0.2) is 0 Å². The Morgan fingerprint density at radius 1 is 1.38 bits per heavy atom. The van der Waals surface area contributed by atoms with E-state index in [0.29, 0.717) is 12.2 Å². The SMILES string of the molecule is CCC(C(=O)O)c1cc(C)c(C)cc1OC. The maximum absolute atomic E-state index is 11.1. The van der Waals surface area contributed by atoms with Crippen LogP contribution in [0.25, 0.3) is 0 Å². The molecule has 1 atom stereocenters. The lowest BCUT2D eigenvalue weighted by molar-refractivity contribution is -0.138. The van der Waals surface area contributed by atoms with E-state index in [-0.39, 0.29) is 0 Å². The Labute approximate surface area is 96.1 Å². The zero-order valence-electron chi connectivity index (χ0n) is 10.2. The highest BCUT2D eigenvalue weighted by molar-refractivity contribution is 5.77. The highest BCUT2D eigenvalue weighted by atomic mass is 16.5. The molecule has 0 aromatic heterocycles. The lowest BCUT2D eigenvalue weighted by Crippen LogP contribution is -2.12. The van der Waals surface area contributed by atoms with Gasteiger partial charge in [-0.05, 0) is 37.5 Å². The minimum Gasteiger partial charge on any atom is -0.496 e. The van der Waals surface area contributed by atoms with Crippen molar-refractivity contribution in [2.45, 2.75) is 33.1 Å². The fraction of sp³-hybridized carbons (Fsp3) is 0.462. The Hall–Kier alpha value is -1.51. The van der Waals surface area contributed by atoms with Crippen LogP contribution in [0.4, 0.5) is 0 Å². The molecule has 1 aromatic rings. The Morgan fingerprint density at radius 2 is 1.94 bits per heavy atom. The molecule has 1 N–H and O–H groups in total. The topological polar surface area (TPSA) is 46.5 Å². The van der Waals surface area contributed by atoms with Gasteiger partial charge in [0.05, 0.1) is 13.0 Å². The van der Waals surface area contributed by atoms with Crippen molar-refractivity contribution in [2.75, 3.05) is 7.11 Å². The van der Waals surface area contributed by atoms with Gasteiger partial charge in [0.25, 0.3) is 0 Å². The van der Waals surface area contributed by atoms with Crippen molar-refractivity contribution in [1.29, 1.82) is 0 Å². The number of methoxy groups -OCH3 is 1. The molecule has 0 aliphatic rings. The van der Waals surface area contributed by atoms with E-state index in [9.17, 15) is 4.79 Å². The third-order valence-corrected chi connectivity index (χ3v) is 2.93. The van der Waals surface area contributed by atoms with E-state index in [1.807, 2.05) is 32.9 Å². The molecule has 1 unspecified atom stereocenters. The van der Waals surface area contributed by atoms with Crippen LogP contribution >= 0.6 is 0 Å². The summed E-state index contributed by atoms with van der Waals surface area (Å²) < 4.78 is 5.25. The summed E-state index contributed by atoms with van der Waals surface area (Å²) in [5.74, 6) is -0.629. The van der Waals surface area contributed by atoms with Gasteiger partial charge in [-0.3, -0.25) is 4.79 Å². The Bertz CT molecular complexity index is 396. The first-order valence-electron chi connectivity index (χ1n) is 5.39. The Kier molecular flexibility index (Phi) is 3.93. The smallest absolute Gasteiger partial charge is 0.311 e. The highest BCUT2D eigenvalue weighted by Gasteiger charge is 2.22. The summed E-state index contributed by atoms with van der Waals surface area (Å²) in [4.78, 5) is 11.1. The monoisotopic (exact) mass is 222 g/mol. The molecule has 0 saturated carbocycles. The number of carboxylic acids is 1. The van der Waals surface area contributed by atoms with Gasteiger partial charge in [-0.2, -0.15) is 0 Å². The Balaban J connectivity index is 3.30. The van der Waals surface area contributed by atoms with Crippen LogP contribution in [-0.2, 0) is 4.79 Å². The van der Waals surface area contributed by atoms with Crippen molar-refractivity contribution in [2.24, 2.45) is 0 Å². The predicted molar refractivity (Wildman–Crippen MR) is 63.1 cm³/mol. The van der Waals surface area contributed by atoms with Gasteiger partial charge in [0, 0.05) is 5.56 Å². The molecule has 0 radical (unpaired) electrons. The quantitative estimate of drug-likeness (QED) is 0.852. The predicted octanol–water partition coefficient (Wildman–Crippen LogP) is 2.89. The van der Waals surface area contributed by atoms with Crippen molar-refractivity contribution in [1.82, 2.24) is 0 Å². The minimum absolute atomic E-state index is 0.491. The van der Waals surface area contributed by atoms with Gasteiger partial charge in [0.1, 0.15) is 5.75 Å². The third kappa shape index (κ3) is 2.35. The van der Waals surface area contributed by atoms with Crippen molar-refractivity contribution >= 4 is 5.97 Å². The number of carbonyl (C=O) groups is 1. The van der Waals surface area contributed by atoms with E-state index in [2.05, 4.69) is 0 Å². The van der Waals surface area contributed by atoms with Crippen molar-refractivity contribution in [3.63, 3.8) is 0 Å². The molecule has 3 nitrogen and oxygen atoms in total. The summed E-state index contributed by atoms with van der Waals surface area (Å²) in [6.07, 6.45) is 0.564. The molecule has 88 valence electrons. The van der Waals surface area contributed by atoms with Gasteiger partial charge in [0.2, 0.25) is 0 Å². The van der Waals surface area contributed by atoms with Gasteiger partial charge < -0.3 is 9.84 Å². The normalized spacial score (nSPS) is 12.2. The summed E-state index contributed by atoms with van der Waals surface area (Å²) in [5, 5.41) is 9.15. The van der Waals surface area contributed by atoms with E-state index in [1.165, 1.54) is 0 Å². The molecule has 0 saturated heterocycles. The van der Waals surface area contributed by atoms with Gasteiger partial charge >= 0.3 is 5.97 Å². The molecular weight excluding hydrogens is 204 g/mol. The van der Waals surface area contributed by atoms with Gasteiger partial charge in [-0.1, -0.05) is 13.0 Å². The van der Waals surface area contributed by atoms with Crippen molar-refractivity contribution < 1.29 is 14.6 Å². The molecule has 3 heteroatoms. The number of aliphatic carboxylic acids is 1. The molecule has 0 spiro atoms. The summed E-state index contributed by atoms with van der Waals surface area (Å²) in [7, 11) is 1.57. The van der Waals surface area contributed by atoms with Gasteiger partial charge in [-0.15, -0.1) is 0 Å². The molecule has 1 rings (SSSR count). The van der Waals surface area contributed by atoms with Crippen LogP contribution in [0, 0.1) is 13.8 Å². The fourth-order valence-electron chi connectivity index (χ4n) is 1.79. The molecule has 0 amide bonds. The molecule has 0 aliphatic carbocycles. The number of rotatable bonds is 4. The van der Waals surface area contributed by atoms with E-state index in [4.69, 9.17) is 9.84 Å². The second-order valence-corrected chi connectivity index (χ2v) is 3.98. The minimum atomic E-state index is -0.802. The average molecular weight is 222 g/mol. The van der Waals surface area contributed by atoms with Crippen LogP contribution < -0.4 is 4.74 Å². The molecular formula is C13H18O3. The van der Waals surface area contributed by atoms with Crippen LogP contribution in [0.2, 0.25) is 0 Å². The lowest BCUT2D eigenvalue weighted by Gasteiger charge is -2.16. The van der Waals surface area contributed by atoms with Crippen LogP contribution in [0.5, 0.6) is 5.75 Å². The van der Waals surface area contributed by atoms with Crippen LogP contribution in [0.3, 0.4) is 0 Å². The maximum atomic E-state index is 11.1. The molecule has 1 aromatic carbocycles. The summed E-state index contributed by atoms with van der Waals surface area (Å²) in [5.41, 5.74) is 2.97. The summed E-state index contributed by atoms with van der Waals surface area (Å²) in [6, 6.07) is 3.81. The number of aryl methyl sites for hydroxylation is 2. The third-order valence-electron chi connectivity index (χ3n) is 2.93. The number of benzene rings is 1. The van der Waals surface area contributed by atoms with Crippen LogP contribution in [-0.4, -0.2) is 18.2 Å².